The molecule has 0 aliphatic carbocycles. The van der Waals surface area contributed by atoms with E-state index in [1.54, 1.807) is 37.4 Å². The molecule has 1 heterocycles. The Balaban J connectivity index is 1.85. The van der Waals surface area contributed by atoms with E-state index in [2.05, 4.69) is 17.2 Å². The summed E-state index contributed by atoms with van der Waals surface area (Å²) in [6.45, 7) is 3.93. The van der Waals surface area contributed by atoms with Gasteiger partial charge in [-0.3, -0.25) is 4.79 Å². The van der Waals surface area contributed by atoms with E-state index in [0.29, 0.717) is 22.8 Å². The molecule has 8 nitrogen and oxygen atoms in total. The van der Waals surface area contributed by atoms with Gasteiger partial charge < -0.3 is 29.6 Å². The summed E-state index contributed by atoms with van der Waals surface area (Å²) in [7, 11) is 4.63. The van der Waals surface area contributed by atoms with E-state index >= 15 is 0 Å². The predicted octanol–water partition coefficient (Wildman–Crippen LogP) is 2.94. The van der Waals surface area contributed by atoms with E-state index in [9.17, 15) is 9.59 Å². The summed E-state index contributed by atoms with van der Waals surface area (Å²) in [5, 5.41) is 5.32. The quantitative estimate of drug-likeness (QED) is 0.679. The Morgan fingerprint density at radius 2 is 1.67 bits per heavy atom. The molecule has 0 radical (unpaired) electrons. The first-order chi connectivity index (χ1) is 14.5. The molecule has 2 unspecified atom stereocenters. The number of methoxy groups -OCH3 is 3. The van der Waals surface area contributed by atoms with Crippen LogP contribution < -0.4 is 24.8 Å². The van der Waals surface area contributed by atoms with Gasteiger partial charge in [0.15, 0.2) is 0 Å². The molecule has 1 aliphatic rings. The summed E-state index contributed by atoms with van der Waals surface area (Å²) < 4.78 is 21.4. The Morgan fingerprint density at radius 1 is 1.00 bits per heavy atom. The second kappa shape index (κ2) is 9.21. The van der Waals surface area contributed by atoms with Crippen LogP contribution in [0.15, 0.2) is 54.7 Å². The van der Waals surface area contributed by atoms with E-state index in [0.717, 1.165) is 5.56 Å². The van der Waals surface area contributed by atoms with E-state index < -0.39 is 24.0 Å². The van der Waals surface area contributed by atoms with Crippen LogP contribution in [0.25, 0.3) is 0 Å². The highest BCUT2D eigenvalue weighted by Gasteiger charge is 2.40. The van der Waals surface area contributed by atoms with Gasteiger partial charge in [-0.2, -0.15) is 0 Å². The van der Waals surface area contributed by atoms with Crippen LogP contribution in [0.5, 0.6) is 17.2 Å². The lowest BCUT2D eigenvalue weighted by molar-refractivity contribution is -0.149. The number of amides is 2. The largest absolute Gasteiger partial charge is 0.497 e. The van der Waals surface area contributed by atoms with E-state index in [4.69, 9.17) is 18.9 Å². The molecule has 2 aromatic rings. The fraction of sp³-hybridized carbons (Fsp3) is 0.273. The van der Waals surface area contributed by atoms with Crippen LogP contribution in [0.4, 0.5) is 4.79 Å². The van der Waals surface area contributed by atoms with Crippen LogP contribution >= 0.6 is 0 Å². The molecule has 2 atom stereocenters. The summed E-state index contributed by atoms with van der Waals surface area (Å²) in [6.07, 6.45) is 0. The Hall–Kier alpha value is -3.68. The Labute approximate surface area is 174 Å². The number of rotatable bonds is 7. The van der Waals surface area contributed by atoms with Gasteiger partial charge in [0.05, 0.1) is 27.4 Å². The first kappa shape index (κ1) is 21.0. The molecule has 158 valence electrons. The average Bonchev–Trinajstić information content (AvgIpc) is 2.76. The maximum atomic E-state index is 13.0. The van der Waals surface area contributed by atoms with Gasteiger partial charge in [-0.05, 0) is 35.9 Å². The van der Waals surface area contributed by atoms with Crippen molar-refractivity contribution in [3.8, 4) is 17.2 Å². The van der Waals surface area contributed by atoms with Gasteiger partial charge >= 0.3 is 12.0 Å². The minimum absolute atomic E-state index is 0.0719. The number of carbonyl (C=O) groups is 2. The zero-order chi connectivity index (χ0) is 21.7. The third-order valence-electron chi connectivity index (χ3n) is 4.84. The summed E-state index contributed by atoms with van der Waals surface area (Å²) in [5.74, 6) is 0.390. The minimum atomic E-state index is -0.859. The van der Waals surface area contributed by atoms with Crippen molar-refractivity contribution >= 4 is 12.0 Å². The number of urea groups is 1. The third-order valence-corrected chi connectivity index (χ3v) is 4.84. The molecule has 2 aromatic carbocycles. The van der Waals surface area contributed by atoms with Crippen molar-refractivity contribution in [1.82, 2.24) is 10.6 Å². The number of benzene rings is 2. The highest BCUT2D eigenvalue weighted by Crippen LogP contribution is 2.37. The Bertz CT molecular complexity index is 941. The molecule has 1 aliphatic heterocycles. The second-order valence-electron chi connectivity index (χ2n) is 6.64. The highest BCUT2D eigenvalue weighted by molar-refractivity contribution is 5.85. The van der Waals surface area contributed by atoms with Crippen LogP contribution in [0.3, 0.4) is 0 Å². The molecule has 30 heavy (non-hydrogen) atoms. The molecule has 3 rings (SSSR count). The average molecular weight is 412 g/mol. The lowest BCUT2D eigenvalue weighted by Crippen LogP contribution is -2.51. The smallest absolute Gasteiger partial charge is 0.319 e. The normalized spacial score (nSPS) is 18.1. The summed E-state index contributed by atoms with van der Waals surface area (Å²) >= 11 is 0. The molecule has 2 N–H and O–H groups in total. The Morgan fingerprint density at radius 3 is 2.30 bits per heavy atom. The van der Waals surface area contributed by atoms with Crippen LogP contribution in [0, 0.1) is 5.92 Å². The van der Waals surface area contributed by atoms with Gasteiger partial charge in [0, 0.05) is 11.3 Å². The number of hydrogen-bond acceptors (Lipinski definition) is 6. The summed E-state index contributed by atoms with van der Waals surface area (Å²) in [6, 6.07) is 11.2. The molecule has 0 saturated carbocycles. The number of carbonyl (C=O) groups excluding carboxylic acids is 2. The molecule has 0 aromatic heterocycles. The first-order valence-electron chi connectivity index (χ1n) is 9.24. The highest BCUT2D eigenvalue weighted by atomic mass is 16.5. The third kappa shape index (κ3) is 4.48. The molecule has 0 spiro atoms. The van der Waals surface area contributed by atoms with E-state index in [-0.39, 0.29) is 12.3 Å². The fourth-order valence-electron chi connectivity index (χ4n) is 3.27. The fourth-order valence-corrected chi connectivity index (χ4v) is 3.27. The van der Waals surface area contributed by atoms with Crippen molar-refractivity contribution in [1.29, 1.82) is 0 Å². The maximum absolute atomic E-state index is 13.0. The number of ether oxygens (including phenoxy) is 4. The molecule has 1 fully saturated rings. The maximum Gasteiger partial charge on any atom is 0.319 e. The zero-order valence-electron chi connectivity index (χ0n) is 17.1. The predicted molar refractivity (Wildman–Crippen MR) is 109 cm³/mol. The molecule has 0 bridgehead atoms. The van der Waals surface area contributed by atoms with Crippen molar-refractivity contribution in [3.05, 3.63) is 65.9 Å². The molecule has 1 saturated heterocycles. The van der Waals surface area contributed by atoms with Crippen molar-refractivity contribution in [2.24, 2.45) is 5.92 Å². The van der Waals surface area contributed by atoms with Gasteiger partial charge in [-0.15, -0.1) is 0 Å². The number of esters is 1. The van der Waals surface area contributed by atoms with Crippen molar-refractivity contribution in [3.63, 3.8) is 0 Å². The zero-order valence-corrected chi connectivity index (χ0v) is 17.1. The monoisotopic (exact) mass is 412 g/mol. The van der Waals surface area contributed by atoms with E-state index in [1.165, 1.54) is 14.2 Å². The molecule has 8 heteroatoms. The lowest BCUT2D eigenvalue weighted by Gasteiger charge is -2.34. The minimum Gasteiger partial charge on any atom is -0.497 e. The van der Waals surface area contributed by atoms with Gasteiger partial charge in [0.1, 0.15) is 29.8 Å². The van der Waals surface area contributed by atoms with Crippen LogP contribution in [0.2, 0.25) is 0 Å². The van der Waals surface area contributed by atoms with Crippen molar-refractivity contribution in [2.75, 3.05) is 21.3 Å². The van der Waals surface area contributed by atoms with Gasteiger partial charge in [-0.25, -0.2) is 4.79 Å². The SMILES string of the molecule is C=C1NC(=O)NC(c2cc(OC)ccc2OC)C1C(=O)OCc1ccc(OC)cc1. The standard InChI is InChI=1S/C22H24N2O6/c1-13-19(21(25)30-12-14-5-7-15(27-2)8-6-14)20(24-22(26)23-13)17-11-16(28-3)9-10-18(17)29-4/h5-11,19-20H,1,12H2,2-4H3,(H2,23,24,26). The van der Waals surface area contributed by atoms with Crippen LogP contribution in [0.1, 0.15) is 17.2 Å². The summed E-state index contributed by atoms with van der Waals surface area (Å²) in [4.78, 5) is 25.1. The van der Waals surface area contributed by atoms with E-state index in [1.807, 2.05) is 12.1 Å². The Kier molecular flexibility index (Phi) is 6.46. The van der Waals surface area contributed by atoms with Crippen LogP contribution in [-0.4, -0.2) is 33.3 Å². The van der Waals surface area contributed by atoms with Gasteiger partial charge in [0.2, 0.25) is 0 Å². The number of nitrogens with one attached hydrogen (secondary N) is 2. The molecular formula is C22H24N2O6. The molecule has 2 amide bonds. The van der Waals surface area contributed by atoms with Crippen molar-refractivity contribution < 1.29 is 28.5 Å². The topological polar surface area (TPSA) is 95.1 Å². The van der Waals surface area contributed by atoms with Crippen molar-refractivity contribution in [2.45, 2.75) is 12.6 Å². The molecular weight excluding hydrogens is 388 g/mol. The van der Waals surface area contributed by atoms with Crippen LogP contribution in [-0.2, 0) is 16.1 Å². The van der Waals surface area contributed by atoms with Gasteiger partial charge in [-0.1, -0.05) is 18.7 Å². The van der Waals surface area contributed by atoms with Gasteiger partial charge in [0.25, 0.3) is 0 Å². The summed E-state index contributed by atoms with van der Waals surface area (Å²) in [5.41, 5.74) is 1.63. The first-order valence-corrected chi connectivity index (χ1v) is 9.24. The second-order valence-corrected chi connectivity index (χ2v) is 6.64. The number of hydrogen-bond donors (Lipinski definition) is 2. The lowest BCUT2D eigenvalue weighted by atomic mass is 9.88.